The first-order valence-corrected chi connectivity index (χ1v) is 13.7. The molecule has 1 aliphatic heterocycles. The molecular weight excluding hydrogens is 565 g/mol. The van der Waals surface area contributed by atoms with Gasteiger partial charge >= 0.3 is 6.18 Å². The number of halogens is 3. The molecule has 4 heterocycles. The van der Waals surface area contributed by atoms with Crippen LogP contribution in [0.25, 0.3) is 39.1 Å². The van der Waals surface area contributed by atoms with Gasteiger partial charge in [-0.3, -0.25) is 14.3 Å². The monoisotopic (exact) mass is 594 g/mol. The Balaban J connectivity index is 1.42. The van der Waals surface area contributed by atoms with Crippen LogP contribution in [0.4, 0.5) is 19.1 Å². The van der Waals surface area contributed by atoms with Gasteiger partial charge in [0.2, 0.25) is 5.95 Å². The summed E-state index contributed by atoms with van der Waals surface area (Å²) in [6.45, 7) is 2.80. The van der Waals surface area contributed by atoms with Gasteiger partial charge in [-0.15, -0.1) is 0 Å². The SMILES string of the molecule is COc1ccc(-n2c(=O)c(-c3ccc4nc(CCN5CCOCC5)n(C)c4c3)nc3cnc(NCC(F)(F)F)nc32)cc1. The van der Waals surface area contributed by atoms with E-state index in [9.17, 15) is 18.0 Å². The third-order valence-electron chi connectivity index (χ3n) is 7.38. The smallest absolute Gasteiger partial charge is 0.405 e. The largest absolute Gasteiger partial charge is 0.497 e. The molecule has 1 fully saturated rings. The molecule has 11 nitrogen and oxygen atoms in total. The number of fused-ring (bicyclic) bond motifs is 2. The molecule has 0 aliphatic carbocycles. The van der Waals surface area contributed by atoms with Gasteiger partial charge in [0, 0.05) is 38.7 Å². The highest BCUT2D eigenvalue weighted by atomic mass is 19.4. The van der Waals surface area contributed by atoms with Crippen molar-refractivity contribution < 1.29 is 22.6 Å². The first kappa shape index (κ1) is 28.6. The van der Waals surface area contributed by atoms with Crippen molar-refractivity contribution >= 4 is 28.1 Å². The van der Waals surface area contributed by atoms with Crippen LogP contribution in [0, 0.1) is 0 Å². The zero-order chi connectivity index (χ0) is 30.1. The fourth-order valence-electron chi connectivity index (χ4n) is 5.10. The summed E-state index contributed by atoms with van der Waals surface area (Å²) in [6, 6.07) is 12.2. The number of aromatic nitrogens is 6. The number of aryl methyl sites for hydroxylation is 1. The molecule has 0 atom stereocenters. The molecule has 0 bridgehead atoms. The van der Waals surface area contributed by atoms with Gasteiger partial charge in [0.25, 0.3) is 5.56 Å². The first-order chi connectivity index (χ1) is 20.7. The van der Waals surface area contributed by atoms with Crippen molar-refractivity contribution in [2.24, 2.45) is 7.05 Å². The van der Waals surface area contributed by atoms with E-state index >= 15 is 0 Å². The second-order valence-electron chi connectivity index (χ2n) is 10.2. The average Bonchev–Trinajstić information content (AvgIpc) is 3.33. The van der Waals surface area contributed by atoms with Gasteiger partial charge in [0.05, 0.1) is 43.2 Å². The van der Waals surface area contributed by atoms with Crippen molar-refractivity contribution in [3.8, 4) is 22.7 Å². The fraction of sp³-hybridized carbons (Fsp3) is 0.345. The molecule has 6 rings (SSSR count). The normalized spacial score (nSPS) is 14.4. The van der Waals surface area contributed by atoms with E-state index in [1.54, 1.807) is 30.3 Å². The number of nitrogens with one attached hydrogen (secondary N) is 1. The van der Waals surface area contributed by atoms with Crippen LogP contribution in [0.15, 0.2) is 53.5 Å². The van der Waals surface area contributed by atoms with Crippen LogP contribution in [-0.2, 0) is 18.2 Å². The quantitative estimate of drug-likeness (QED) is 0.288. The average molecular weight is 595 g/mol. The van der Waals surface area contributed by atoms with Gasteiger partial charge in [-0.2, -0.15) is 18.2 Å². The van der Waals surface area contributed by atoms with Crippen molar-refractivity contribution in [3.05, 3.63) is 64.8 Å². The van der Waals surface area contributed by atoms with Crippen LogP contribution < -0.4 is 15.6 Å². The summed E-state index contributed by atoms with van der Waals surface area (Å²) in [5.74, 6) is 1.22. The lowest BCUT2D eigenvalue weighted by molar-refractivity contribution is -0.115. The van der Waals surface area contributed by atoms with Gasteiger partial charge in [0.15, 0.2) is 5.65 Å². The second-order valence-corrected chi connectivity index (χ2v) is 10.2. The predicted octanol–water partition coefficient (Wildman–Crippen LogP) is 3.59. The van der Waals surface area contributed by atoms with Gasteiger partial charge in [-0.25, -0.2) is 15.0 Å². The first-order valence-electron chi connectivity index (χ1n) is 13.7. The Morgan fingerprint density at radius 1 is 1.02 bits per heavy atom. The minimum atomic E-state index is -4.47. The zero-order valence-electron chi connectivity index (χ0n) is 23.6. The number of methoxy groups -OCH3 is 1. The predicted molar refractivity (Wildman–Crippen MR) is 155 cm³/mol. The number of morpholine rings is 1. The minimum absolute atomic E-state index is 0.0607. The van der Waals surface area contributed by atoms with E-state index in [2.05, 4.69) is 25.2 Å². The van der Waals surface area contributed by atoms with Crippen LogP contribution in [0.2, 0.25) is 0 Å². The van der Waals surface area contributed by atoms with Crippen LogP contribution in [0.3, 0.4) is 0 Å². The van der Waals surface area contributed by atoms with Crippen molar-refractivity contribution in [2.45, 2.75) is 12.6 Å². The maximum atomic E-state index is 14.0. The van der Waals surface area contributed by atoms with Crippen LogP contribution in [-0.4, -0.2) is 86.6 Å². The van der Waals surface area contributed by atoms with Crippen LogP contribution >= 0.6 is 0 Å². The molecule has 2 aromatic carbocycles. The molecule has 14 heteroatoms. The summed E-state index contributed by atoms with van der Waals surface area (Å²) in [4.78, 5) is 34.0. The summed E-state index contributed by atoms with van der Waals surface area (Å²) in [7, 11) is 3.47. The van der Waals surface area contributed by atoms with E-state index in [0.717, 1.165) is 56.1 Å². The van der Waals surface area contributed by atoms with E-state index in [0.29, 0.717) is 17.0 Å². The molecule has 1 N–H and O–H groups in total. The van der Waals surface area contributed by atoms with Crippen molar-refractivity contribution in [2.75, 3.05) is 51.8 Å². The highest BCUT2D eigenvalue weighted by molar-refractivity contribution is 5.83. The van der Waals surface area contributed by atoms with Crippen molar-refractivity contribution in [3.63, 3.8) is 0 Å². The summed E-state index contributed by atoms with van der Waals surface area (Å²) >= 11 is 0. The zero-order valence-corrected chi connectivity index (χ0v) is 23.6. The Bertz CT molecular complexity index is 1830. The Morgan fingerprint density at radius 3 is 2.51 bits per heavy atom. The molecule has 0 saturated carbocycles. The molecule has 1 aliphatic rings. The molecule has 0 radical (unpaired) electrons. The maximum absolute atomic E-state index is 14.0. The summed E-state index contributed by atoms with van der Waals surface area (Å²) in [5, 5.41) is 2.17. The Morgan fingerprint density at radius 2 is 1.79 bits per heavy atom. The number of alkyl halides is 3. The van der Waals surface area contributed by atoms with Gasteiger partial charge in [-0.05, 0) is 36.4 Å². The highest BCUT2D eigenvalue weighted by Gasteiger charge is 2.27. The van der Waals surface area contributed by atoms with E-state index in [1.165, 1.54) is 17.9 Å². The molecule has 0 spiro atoms. The number of nitrogens with zero attached hydrogens (tertiary/aromatic N) is 7. The fourth-order valence-corrected chi connectivity index (χ4v) is 5.10. The van der Waals surface area contributed by atoms with Crippen LogP contribution in [0.1, 0.15) is 5.82 Å². The number of hydrogen-bond donors (Lipinski definition) is 1. The standard InChI is InChI=1S/C29H29F3N8O3/c1-38-23-15-18(3-8-21(23)35-24(38)9-10-39-11-13-43-14-12-39)25-27(41)40(19-4-6-20(42-2)7-5-19)26-22(36-25)16-33-28(37-26)34-17-29(30,31)32/h3-8,15-16H,9-14,17H2,1-2H3,(H,33,34,37). The molecule has 224 valence electrons. The summed E-state index contributed by atoms with van der Waals surface area (Å²) < 4.78 is 52.5. The minimum Gasteiger partial charge on any atom is -0.497 e. The molecule has 5 aromatic rings. The highest BCUT2D eigenvalue weighted by Crippen LogP contribution is 2.25. The van der Waals surface area contributed by atoms with Crippen molar-refractivity contribution in [1.82, 2.24) is 34.0 Å². The Kier molecular flexibility index (Phi) is 7.71. The molecular formula is C29H29F3N8O3. The molecule has 43 heavy (non-hydrogen) atoms. The topological polar surface area (TPSA) is 112 Å². The van der Waals surface area contributed by atoms with E-state index in [4.69, 9.17) is 14.5 Å². The van der Waals surface area contributed by atoms with E-state index in [-0.39, 0.29) is 22.8 Å². The number of rotatable bonds is 8. The lowest BCUT2D eigenvalue weighted by Crippen LogP contribution is -2.37. The second kappa shape index (κ2) is 11.6. The van der Waals surface area contributed by atoms with Gasteiger partial charge in [0.1, 0.15) is 29.3 Å². The Hall–Kier alpha value is -4.56. The lowest BCUT2D eigenvalue weighted by Gasteiger charge is -2.26. The number of hydrogen-bond acceptors (Lipinski definition) is 9. The van der Waals surface area contributed by atoms with Gasteiger partial charge < -0.3 is 19.4 Å². The van der Waals surface area contributed by atoms with E-state index < -0.39 is 18.3 Å². The number of benzene rings is 2. The maximum Gasteiger partial charge on any atom is 0.405 e. The number of ether oxygens (including phenoxy) is 2. The lowest BCUT2D eigenvalue weighted by atomic mass is 10.1. The third-order valence-corrected chi connectivity index (χ3v) is 7.38. The number of anilines is 1. The van der Waals surface area contributed by atoms with E-state index in [1.807, 2.05) is 23.7 Å². The molecule has 1 saturated heterocycles. The number of imidazole rings is 1. The van der Waals surface area contributed by atoms with Crippen molar-refractivity contribution in [1.29, 1.82) is 0 Å². The Labute approximate surface area is 243 Å². The molecule has 3 aromatic heterocycles. The third kappa shape index (κ3) is 6.01. The van der Waals surface area contributed by atoms with Crippen LogP contribution in [0.5, 0.6) is 5.75 Å². The summed E-state index contributed by atoms with van der Waals surface area (Å²) in [5.41, 5.74) is 2.58. The van der Waals surface area contributed by atoms with Gasteiger partial charge in [-0.1, -0.05) is 6.07 Å². The summed E-state index contributed by atoms with van der Waals surface area (Å²) in [6.07, 6.45) is -2.40. The molecule has 0 amide bonds. The molecule has 0 unspecified atom stereocenters.